The van der Waals surface area contributed by atoms with Crippen LogP contribution in [0.15, 0.2) is 29.3 Å². The van der Waals surface area contributed by atoms with Crippen molar-refractivity contribution >= 4 is 16.6 Å². The van der Waals surface area contributed by atoms with Crippen molar-refractivity contribution in [3.05, 3.63) is 34.9 Å². The van der Waals surface area contributed by atoms with Crippen LogP contribution in [0, 0.1) is 0 Å². The minimum atomic E-state index is -0.0970. The fourth-order valence-electron chi connectivity index (χ4n) is 3.11. The van der Waals surface area contributed by atoms with Gasteiger partial charge in [0, 0.05) is 37.9 Å². The highest BCUT2D eigenvalue weighted by Gasteiger charge is 2.19. The molecule has 0 aliphatic carbocycles. The molecule has 0 amide bonds. The molecular weight excluding hydrogens is 292 g/mol. The average Bonchev–Trinajstić information content (AvgIpc) is 2.57. The first-order chi connectivity index (χ1) is 11.1. The summed E-state index contributed by atoms with van der Waals surface area (Å²) < 4.78 is 1.45. The summed E-state index contributed by atoms with van der Waals surface area (Å²) in [5.41, 5.74) is 1.74. The van der Waals surface area contributed by atoms with Crippen molar-refractivity contribution in [3.8, 4) is 0 Å². The van der Waals surface area contributed by atoms with Gasteiger partial charge < -0.3 is 10.0 Å². The molecule has 0 atom stereocenters. The van der Waals surface area contributed by atoms with Gasteiger partial charge in [-0.15, -0.1) is 0 Å². The van der Waals surface area contributed by atoms with Crippen LogP contribution < -0.4 is 10.5 Å². The van der Waals surface area contributed by atoms with Gasteiger partial charge in [-0.3, -0.25) is 14.3 Å². The molecule has 2 aromatic rings. The van der Waals surface area contributed by atoms with E-state index in [2.05, 4.69) is 28.6 Å². The standard InChI is InChI=1S/C17H24N4O2/c1-13(2)19-5-7-20(8-6-19)14-3-4-15-16(11-14)18-12-21(9-10-22)17(15)23/h3-4,11-13,22H,5-10H2,1-2H3. The van der Waals surface area contributed by atoms with Gasteiger partial charge >= 0.3 is 0 Å². The summed E-state index contributed by atoms with van der Waals surface area (Å²) in [6.45, 7) is 8.77. The number of benzene rings is 1. The Kier molecular flexibility index (Phi) is 4.63. The van der Waals surface area contributed by atoms with Crippen LogP contribution in [-0.4, -0.2) is 58.4 Å². The molecule has 124 valence electrons. The topological polar surface area (TPSA) is 61.6 Å². The number of aromatic nitrogens is 2. The molecule has 1 fully saturated rings. The first kappa shape index (κ1) is 16.0. The van der Waals surface area contributed by atoms with Gasteiger partial charge in [0.1, 0.15) is 0 Å². The van der Waals surface area contributed by atoms with Gasteiger partial charge in [-0.05, 0) is 32.0 Å². The predicted molar refractivity (Wildman–Crippen MR) is 92.0 cm³/mol. The summed E-state index contributed by atoms with van der Waals surface area (Å²) in [4.78, 5) is 21.5. The Morgan fingerprint density at radius 1 is 1.22 bits per heavy atom. The van der Waals surface area contributed by atoms with Crippen LogP contribution in [-0.2, 0) is 6.54 Å². The monoisotopic (exact) mass is 316 g/mol. The highest BCUT2D eigenvalue weighted by atomic mass is 16.3. The molecule has 2 heterocycles. The lowest BCUT2D eigenvalue weighted by atomic mass is 10.2. The lowest BCUT2D eigenvalue weighted by Crippen LogP contribution is -2.48. The normalized spacial score (nSPS) is 16.4. The molecule has 1 saturated heterocycles. The van der Waals surface area contributed by atoms with Gasteiger partial charge in [0.05, 0.1) is 30.4 Å². The first-order valence-electron chi connectivity index (χ1n) is 8.19. The summed E-state index contributed by atoms with van der Waals surface area (Å²) in [5.74, 6) is 0. The minimum absolute atomic E-state index is 0.0642. The van der Waals surface area contributed by atoms with Gasteiger partial charge in [0.2, 0.25) is 0 Å². The zero-order valence-electron chi connectivity index (χ0n) is 13.8. The Morgan fingerprint density at radius 2 is 1.96 bits per heavy atom. The SMILES string of the molecule is CC(C)N1CCN(c2ccc3c(=O)n(CCO)cnc3c2)CC1. The molecule has 0 spiro atoms. The fraction of sp³-hybridized carbons (Fsp3) is 0.529. The number of piperazine rings is 1. The summed E-state index contributed by atoms with van der Waals surface area (Å²) >= 11 is 0. The van der Waals surface area contributed by atoms with Crippen molar-refractivity contribution in [2.24, 2.45) is 0 Å². The maximum atomic E-state index is 12.3. The Labute approximate surface area is 136 Å². The van der Waals surface area contributed by atoms with Crippen molar-refractivity contribution < 1.29 is 5.11 Å². The van der Waals surface area contributed by atoms with Gasteiger partial charge in [-0.25, -0.2) is 4.98 Å². The van der Waals surface area contributed by atoms with Crippen LogP contribution in [0.2, 0.25) is 0 Å². The average molecular weight is 316 g/mol. The third kappa shape index (κ3) is 3.23. The number of anilines is 1. The van der Waals surface area contributed by atoms with E-state index in [9.17, 15) is 4.79 Å². The van der Waals surface area contributed by atoms with Gasteiger partial charge in [0.15, 0.2) is 0 Å². The number of hydrogen-bond acceptors (Lipinski definition) is 5. The van der Waals surface area contributed by atoms with Gasteiger partial charge in [0.25, 0.3) is 5.56 Å². The maximum Gasteiger partial charge on any atom is 0.261 e. The van der Waals surface area contributed by atoms with E-state index in [1.165, 1.54) is 10.9 Å². The van der Waals surface area contributed by atoms with Crippen LogP contribution in [0.3, 0.4) is 0 Å². The van der Waals surface area contributed by atoms with Crippen LogP contribution in [0.5, 0.6) is 0 Å². The van der Waals surface area contributed by atoms with Crippen LogP contribution in [0.1, 0.15) is 13.8 Å². The first-order valence-corrected chi connectivity index (χ1v) is 8.19. The number of fused-ring (bicyclic) bond motifs is 1. The van der Waals surface area contributed by atoms with E-state index in [0.29, 0.717) is 16.9 Å². The van der Waals surface area contributed by atoms with Crippen molar-refractivity contribution in [1.82, 2.24) is 14.5 Å². The number of nitrogens with zero attached hydrogens (tertiary/aromatic N) is 4. The Balaban J connectivity index is 1.84. The molecule has 0 saturated carbocycles. The quantitative estimate of drug-likeness (QED) is 0.909. The second kappa shape index (κ2) is 6.68. The maximum absolute atomic E-state index is 12.3. The van der Waals surface area contributed by atoms with Crippen molar-refractivity contribution in [2.75, 3.05) is 37.7 Å². The number of aliphatic hydroxyl groups is 1. The van der Waals surface area contributed by atoms with Gasteiger partial charge in [-0.2, -0.15) is 0 Å². The summed E-state index contributed by atoms with van der Waals surface area (Å²) in [6, 6.07) is 6.42. The largest absolute Gasteiger partial charge is 0.395 e. The molecule has 0 radical (unpaired) electrons. The zero-order chi connectivity index (χ0) is 16.4. The molecule has 1 aliphatic rings. The molecule has 3 rings (SSSR count). The van der Waals surface area contributed by atoms with E-state index in [1.807, 2.05) is 18.2 Å². The molecule has 1 aromatic carbocycles. The van der Waals surface area contributed by atoms with Crippen LogP contribution >= 0.6 is 0 Å². The summed E-state index contributed by atoms with van der Waals surface area (Å²) in [5, 5.41) is 9.60. The van der Waals surface area contributed by atoms with E-state index in [1.54, 1.807) is 0 Å². The van der Waals surface area contributed by atoms with Crippen molar-refractivity contribution in [3.63, 3.8) is 0 Å². The highest BCUT2D eigenvalue weighted by Crippen LogP contribution is 2.20. The molecule has 6 heteroatoms. The lowest BCUT2D eigenvalue weighted by molar-refractivity contribution is 0.209. The van der Waals surface area contributed by atoms with Crippen molar-refractivity contribution in [1.29, 1.82) is 0 Å². The molecular formula is C17H24N4O2. The third-order valence-corrected chi connectivity index (χ3v) is 4.56. The highest BCUT2D eigenvalue weighted by molar-refractivity contribution is 5.81. The third-order valence-electron chi connectivity index (χ3n) is 4.56. The van der Waals surface area contributed by atoms with E-state index in [0.717, 1.165) is 31.9 Å². The second-order valence-corrected chi connectivity index (χ2v) is 6.28. The molecule has 23 heavy (non-hydrogen) atoms. The fourth-order valence-corrected chi connectivity index (χ4v) is 3.11. The molecule has 1 aliphatic heterocycles. The van der Waals surface area contributed by atoms with E-state index < -0.39 is 0 Å². The van der Waals surface area contributed by atoms with E-state index in [-0.39, 0.29) is 18.7 Å². The molecule has 0 bridgehead atoms. The Morgan fingerprint density at radius 3 is 2.61 bits per heavy atom. The number of aliphatic hydroxyl groups excluding tert-OH is 1. The zero-order valence-corrected chi connectivity index (χ0v) is 13.8. The molecule has 0 unspecified atom stereocenters. The minimum Gasteiger partial charge on any atom is -0.395 e. The predicted octanol–water partition coefficient (Wildman–Crippen LogP) is 0.919. The summed E-state index contributed by atoms with van der Waals surface area (Å²) in [7, 11) is 0. The Bertz CT molecular complexity index is 733. The summed E-state index contributed by atoms with van der Waals surface area (Å²) in [6.07, 6.45) is 1.52. The molecule has 1 aromatic heterocycles. The molecule has 1 N–H and O–H groups in total. The van der Waals surface area contributed by atoms with Crippen LogP contribution in [0.25, 0.3) is 10.9 Å². The van der Waals surface area contributed by atoms with E-state index in [4.69, 9.17) is 5.11 Å². The van der Waals surface area contributed by atoms with E-state index >= 15 is 0 Å². The number of rotatable bonds is 4. The van der Waals surface area contributed by atoms with Crippen molar-refractivity contribution in [2.45, 2.75) is 26.4 Å². The lowest BCUT2D eigenvalue weighted by Gasteiger charge is -2.38. The Hall–Kier alpha value is -1.92. The number of hydrogen-bond donors (Lipinski definition) is 1. The van der Waals surface area contributed by atoms with Crippen LogP contribution in [0.4, 0.5) is 5.69 Å². The smallest absolute Gasteiger partial charge is 0.261 e. The van der Waals surface area contributed by atoms with Gasteiger partial charge in [-0.1, -0.05) is 0 Å². The molecule has 6 nitrogen and oxygen atoms in total. The second-order valence-electron chi connectivity index (χ2n) is 6.28.